The highest BCUT2D eigenvalue weighted by atomic mass is 79.9. The molecule has 0 aliphatic heterocycles. The predicted octanol–water partition coefficient (Wildman–Crippen LogP) is 5.81. The third-order valence-electron chi connectivity index (χ3n) is 3.98. The number of rotatable bonds is 8. The first-order valence-electron chi connectivity index (χ1n) is 8.70. The van der Waals surface area contributed by atoms with Crippen molar-refractivity contribution in [2.75, 3.05) is 7.11 Å². The molecule has 144 valence electrons. The summed E-state index contributed by atoms with van der Waals surface area (Å²) in [7, 11) is 1.62. The lowest BCUT2D eigenvalue weighted by molar-refractivity contribution is 0.282. The van der Waals surface area contributed by atoms with Crippen molar-refractivity contribution in [1.29, 1.82) is 0 Å². The highest BCUT2D eigenvalue weighted by molar-refractivity contribution is 9.10. The lowest BCUT2D eigenvalue weighted by Crippen LogP contribution is -2.05. The summed E-state index contributed by atoms with van der Waals surface area (Å²) < 4.78 is 12.3. The molecule has 0 aliphatic carbocycles. The molecule has 0 radical (unpaired) electrons. The van der Waals surface area contributed by atoms with Crippen LogP contribution < -0.4 is 14.9 Å². The van der Waals surface area contributed by atoms with Gasteiger partial charge in [0.05, 0.1) is 24.3 Å². The molecule has 3 rings (SSSR count). The normalized spacial score (nSPS) is 10.8. The molecule has 4 nitrogen and oxygen atoms in total. The Hall–Kier alpha value is -2.50. The van der Waals surface area contributed by atoms with Crippen LogP contribution in [-0.2, 0) is 13.2 Å². The van der Waals surface area contributed by atoms with Crippen molar-refractivity contribution in [2.45, 2.75) is 13.2 Å². The smallest absolute Gasteiger partial charge is 0.175 e. The Morgan fingerprint density at radius 1 is 1.04 bits per heavy atom. The van der Waals surface area contributed by atoms with Gasteiger partial charge in [0.2, 0.25) is 0 Å². The van der Waals surface area contributed by atoms with Gasteiger partial charge >= 0.3 is 0 Å². The molecule has 3 aromatic carbocycles. The molecule has 0 spiro atoms. The highest BCUT2D eigenvalue weighted by Gasteiger charge is 2.11. The average Bonchev–Trinajstić information content (AvgIpc) is 2.72. The Bertz CT molecular complexity index is 931. The molecule has 0 aliphatic rings. The van der Waals surface area contributed by atoms with Crippen LogP contribution >= 0.6 is 27.5 Å². The van der Waals surface area contributed by atoms with E-state index in [1.54, 1.807) is 13.3 Å². The van der Waals surface area contributed by atoms with Gasteiger partial charge in [-0.1, -0.05) is 54.1 Å². The molecule has 0 saturated carbocycles. The lowest BCUT2D eigenvalue weighted by Gasteiger charge is -2.13. The van der Waals surface area contributed by atoms with Crippen molar-refractivity contribution in [3.05, 3.63) is 92.9 Å². The summed E-state index contributed by atoms with van der Waals surface area (Å²) in [5.74, 6) is 1.31. The molecule has 28 heavy (non-hydrogen) atoms. The quantitative estimate of drug-likeness (QED) is 0.341. The van der Waals surface area contributed by atoms with Gasteiger partial charge in [0.25, 0.3) is 0 Å². The molecule has 3 aromatic rings. The second kappa shape index (κ2) is 10.2. The summed E-state index contributed by atoms with van der Waals surface area (Å²) in [5.41, 5.74) is 6.11. The van der Waals surface area contributed by atoms with Crippen molar-refractivity contribution in [3.63, 3.8) is 0 Å². The van der Waals surface area contributed by atoms with E-state index in [4.69, 9.17) is 21.1 Å². The van der Waals surface area contributed by atoms with Crippen LogP contribution in [0.5, 0.6) is 11.5 Å². The van der Waals surface area contributed by atoms with E-state index in [0.717, 1.165) is 26.2 Å². The zero-order valence-corrected chi connectivity index (χ0v) is 17.7. The van der Waals surface area contributed by atoms with Gasteiger partial charge < -0.3 is 14.9 Å². The first kappa shape index (κ1) is 20.2. The molecule has 0 saturated heterocycles. The second-order valence-corrected chi connectivity index (χ2v) is 7.32. The molecular weight excluding hydrogens is 440 g/mol. The van der Waals surface area contributed by atoms with Crippen LogP contribution in [0.3, 0.4) is 0 Å². The maximum absolute atomic E-state index is 5.95. The monoisotopic (exact) mass is 458 g/mol. The molecular formula is C22H20BrClN2O2. The van der Waals surface area contributed by atoms with Crippen LogP contribution in [0.15, 0.2) is 76.3 Å². The Morgan fingerprint density at radius 2 is 1.79 bits per heavy atom. The Kier molecular flexibility index (Phi) is 7.34. The standard InChI is InChI=1S/C22H20BrClN2O2/c1-27-21-12-18(14-26-25-13-16-7-9-19(24)10-8-16)11-20(23)22(21)28-15-17-5-3-2-4-6-17/h2-12,14,25H,13,15H2,1H3/b26-14-. The predicted molar refractivity (Wildman–Crippen MR) is 117 cm³/mol. The van der Waals surface area contributed by atoms with Gasteiger partial charge in [-0.05, 0) is 56.9 Å². The molecule has 0 heterocycles. The van der Waals surface area contributed by atoms with Crippen molar-refractivity contribution < 1.29 is 9.47 Å². The summed E-state index contributed by atoms with van der Waals surface area (Å²) in [6, 6.07) is 21.5. The number of halogens is 2. The zero-order valence-electron chi connectivity index (χ0n) is 15.4. The van der Waals surface area contributed by atoms with Crippen LogP contribution in [0.4, 0.5) is 0 Å². The Balaban J connectivity index is 1.63. The van der Waals surface area contributed by atoms with Gasteiger partial charge in [-0.2, -0.15) is 5.10 Å². The first-order valence-corrected chi connectivity index (χ1v) is 9.87. The summed E-state index contributed by atoms with van der Waals surface area (Å²) in [6.07, 6.45) is 1.74. The fourth-order valence-electron chi connectivity index (χ4n) is 2.54. The van der Waals surface area contributed by atoms with Crippen LogP contribution in [0.1, 0.15) is 16.7 Å². The minimum absolute atomic E-state index is 0.464. The fraction of sp³-hybridized carbons (Fsp3) is 0.136. The van der Waals surface area contributed by atoms with Gasteiger partial charge in [0, 0.05) is 5.02 Å². The second-order valence-electron chi connectivity index (χ2n) is 6.03. The first-order chi connectivity index (χ1) is 13.7. The van der Waals surface area contributed by atoms with E-state index in [-0.39, 0.29) is 0 Å². The molecule has 0 atom stereocenters. The number of nitrogens with zero attached hydrogens (tertiary/aromatic N) is 1. The Labute approximate surface area is 178 Å². The topological polar surface area (TPSA) is 42.8 Å². The number of methoxy groups -OCH3 is 1. The van der Waals surface area contributed by atoms with E-state index in [9.17, 15) is 0 Å². The highest BCUT2D eigenvalue weighted by Crippen LogP contribution is 2.36. The van der Waals surface area contributed by atoms with Gasteiger partial charge in [-0.25, -0.2) is 0 Å². The number of hydrogen-bond donors (Lipinski definition) is 1. The van der Waals surface area contributed by atoms with Crippen molar-refractivity contribution in [1.82, 2.24) is 5.43 Å². The van der Waals surface area contributed by atoms with E-state index in [2.05, 4.69) is 26.5 Å². The van der Waals surface area contributed by atoms with Gasteiger partial charge in [0.15, 0.2) is 11.5 Å². The number of hydrazone groups is 1. The van der Waals surface area contributed by atoms with Crippen molar-refractivity contribution in [2.24, 2.45) is 5.10 Å². The van der Waals surface area contributed by atoms with E-state index >= 15 is 0 Å². The van der Waals surface area contributed by atoms with E-state index in [0.29, 0.717) is 24.7 Å². The molecule has 0 aromatic heterocycles. The minimum Gasteiger partial charge on any atom is -0.493 e. The number of hydrogen-bond acceptors (Lipinski definition) is 4. The molecule has 0 unspecified atom stereocenters. The SMILES string of the molecule is COc1cc(/C=N\NCc2ccc(Cl)cc2)cc(Br)c1OCc1ccccc1. The lowest BCUT2D eigenvalue weighted by atomic mass is 10.2. The largest absolute Gasteiger partial charge is 0.493 e. The molecule has 0 bridgehead atoms. The minimum atomic E-state index is 0.464. The van der Waals surface area contributed by atoms with E-state index in [1.165, 1.54) is 0 Å². The maximum Gasteiger partial charge on any atom is 0.175 e. The Morgan fingerprint density at radius 3 is 2.50 bits per heavy atom. The van der Waals surface area contributed by atoms with Gasteiger partial charge in [0.1, 0.15) is 6.61 Å². The third-order valence-corrected chi connectivity index (χ3v) is 4.82. The summed E-state index contributed by atoms with van der Waals surface area (Å²) in [4.78, 5) is 0. The summed E-state index contributed by atoms with van der Waals surface area (Å²) >= 11 is 9.46. The van der Waals surface area contributed by atoms with Crippen LogP contribution in [-0.4, -0.2) is 13.3 Å². The van der Waals surface area contributed by atoms with Gasteiger partial charge in [-0.3, -0.25) is 0 Å². The number of ether oxygens (including phenoxy) is 2. The molecule has 0 amide bonds. The van der Waals surface area contributed by atoms with E-state index < -0.39 is 0 Å². The van der Waals surface area contributed by atoms with Crippen molar-refractivity contribution >= 4 is 33.7 Å². The summed E-state index contributed by atoms with van der Waals surface area (Å²) in [6.45, 7) is 1.08. The van der Waals surface area contributed by atoms with Gasteiger partial charge in [-0.15, -0.1) is 0 Å². The fourth-order valence-corrected chi connectivity index (χ4v) is 3.24. The summed E-state index contributed by atoms with van der Waals surface area (Å²) in [5, 5.41) is 4.99. The molecule has 6 heteroatoms. The van der Waals surface area contributed by atoms with E-state index in [1.807, 2.05) is 66.7 Å². The zero-order chi connectivity index (χ0) is 19.8. The van der Waals surface area contributed by atoms with Crippen molar-refractivity contribution in [3.8, 4) is 11.5 Å². The average molecular weight is 460 g/mol. The third kappa shape index (κ3) is 5.75. The molecule has 1 N–H and O–H groups in total. The van der Waals surface area contributed by atoms with Crippen LogP contribution in [0.2, 0.25) is 5.02 Å². The van der Waals surface area contributed by atoms with Crippen LogP contribution in [0, 0.1) is 0 Å². The number of benzene rings is 3. The number of nitrogens with one attached hydrogen (secondary N) is 1. The van der Waals surface area contributed by atoms with Crippen LogP contribution in [0.25, 0.3) is 0 Å². The molecule has 0 fully saturated rings. The maximum atomic E-state index is 5.95.